The predicted molar refractivity (Wildman–Crippen MR) is 54.2 cm³/mol. The minimum Gasteiger partial charge on any atom is -0.375 e. The molecule has 0 rings (SSSR count). The van der Waals surface area contributed by atoms with Crippen LogP contribution in [0.15, 0.2) is 0 Å². The van der Waals surface area contributed by atoms with E-state index in [-0.39, 0.29) is 19.1 Å². The fraction of sp³-hybridized carbons (Fsp3) is 1.00. The molecule has 0 aliphatic rings. The average molecular weight is 263 g/mol. The van der Waals surface area contributed by atoms with Crippen molar-refractivity contribution in [3.63, 3.8) is 0 Å². The van der Waals surface area contributed by atoms with Crippen molar-refractivity contribution in [1.82, 2.24) is 5.32 Å². The molecule has 17 heavy (non-hydrogen) atoms. The van der Waals surface area contributed by atoms with Gasteiger partial charge in [-0.2, -0.15) is 13.2 Å². The third-order valence-corrected chi connectivity index (χ3v) is 2.12. The summed E-state index contributed by atoms with van der Waals surface area (Å²) < 4.78 is 64.1. The molecule has 1 N–H and O–H groups in total. The van der Waals surface area contributed by atoms with Gasteiger partial charge in [-0.05, 0) is 19.4 Å². The van der Waals surface area contributed by atoms with E-state index in [1.807, 2.05) is 0 Å². The summed E-state index contributed by atoms with van der Waals surface area (Å²) in [6.07, 6.45) is -7.36. The lowest BCUT2D eigenvalue weighted by molar-refractivity contribution is -0.136. The van der Waals surface area contributed by atoms with Gasteiger partial charge in [0.1, 0.15) is 6.61 Å². The average Bonchev–Trinajstić information content (AvgIpc) is 2.19. The SMILES string of the molecule is CCNC(CCOCC(F)F)CCC(F)(F)F. The van der Waals surface area contributed by atoms with E-state index in [9.17, 15) is 22.0 Å². The van der Waals surface area contributed by atoms with Crippen LogP contribution in [-0.4, -0.2) is 38.4 Å². The van der Waals surface area contributed by atoms with Crippen molar-refractivity contribution in [3.05, 3.63) is 0 Å². The van der Waals surface area contributed by atoms with Crippen molar-refractivity contribution in [2.45, 2.75) is 44.8 Å². The Balaban J connectivity index is 3.74. The Morgan fingerprint density at radius 3 is 2.29 bits per heavy atom. The molecule has 2 nitrogen and oxygen atoms in total. The Bertz CT molecular complexity index is 186. The minimum atomic E-state index is -4.18. The third-order valence-electron chi connectivity index (χ3n) is 2.12. The first-order valence-electron chi connectivity index (χ1n) is 5.51. The molecule has 0 fully saturated rings. The molecule has 0 aromatic carbocycles. The van der Waals surface area contributed by atoms with Crippen molar-refractivity contribution in [1.29, 1.82) is 0 Å². The number of alkyl halides is 5. The van der Waals surface area contributed by atoms with E-state index in [4.69, 9.17) is 0 Å². The largest absolute Gasteiger partial charge is 0.389 e. The number of halogens is 5. The molecule has 0 aromatic rings. The Hall–Kier alpha value is -0.430. The van der Waals surface area contributed by atoms with Crippen molar-refractivity contribution in [2.75, 3.05) is 19.8 Å². The molecule has 0 saturated heterocycles. The van der Waals surface area contributed by atoms with E-state index in [2.05, 4.69) is 10.1 Å². The highest BCUT2D eigenvalue weighted by molar-refractivity contribution is 4.68. The quantitative estimate of drug-likeness (QED) is 0.510. The predicted octanol–water partition coefficient (Wildman–Crippen LogP) is 2.98. The molecular formula is C10H18F5NO. The third kappa shape index (κ3) is 11.8. The Kier molecular flexibility index (Phi) is 8.41. The molecule has 0 amide bonds. The number of hydrogen-bond acceptors (Lipinski definition) is 2. The summed E-state index contributed by atoms with van der Waals surface area (Å²) in [5, 5.41) is 2.88. The Labute approximate surface area is 97.5 Å². The molecule has 0 heterocycles. The summed E-state index contributed by atoms with van der Waals surface area (Å²) in [7, 11) is 0. The maximum Gasteiger partial charge on any atom is 0.389 e. The van der Waals surface area contributed by atoms with Gasteiger partial charge in [-0.15, -0.1) is 0 Å². The van der Waals surface area contributed by atoms with Crippen LogP contribution in [0.4, 0.5) is 22.0 Å². The topological polar surface area (TPSA) is 21.3 Å². The summed E-state index contributed by atoms with van der Waals surface area (Å²) >= 11 is 0. The number of rotatable bonds is 9. The highest BCUT2D eigenvalue weighted by Gasteiger charge is 2.28. The van der Waals surface area contributed by atoms with Crippen molar-refractivity contribution < 1.29 is 26.7 Å². The molecule has 1 unspecified atom stereocenters. The van der Waals surface area contributed by atoms with Gasteiger partial charge in [-0.25, -0.2) is 8.78 Å². The summed E-state index contributed by atoms with van der Waals surface area (Å²) in [6, 6.07) is -0.348. The van der Waals surface area contributed by atoms with Gasteiger partial charge in [0.15, 0.2) is 0 Å². The van der Waals surface area contributed by atoms with Gasteiger partial charge < -0.3 is 10.1 Å². The second-order valence-electron chi connectivity index (χ2n) is 3.66. The molecular weight excluding hydrogens is 245 g/mol. The first-order valence-corrected chi connectivity index (χ1v) is 5.51. The number of nitrogens with one attached hydrogen (secondary N) is 1. The van der Waals surface area contributed by atoms with Crippen LogP contribution in [0.1, 0.15) is 26.2 Å². The molecule has 1 atom stereocenters. The van der Waals surface area contributed by atoms with E-state index < -0.39 is 25.6 Å². The van der Waals surface area contributed by atoms with Crippen LogP contribution in [0.2, 0.25) is 0 Å². The molecule has 0 aliphatic carbocycles. The maximum absolute atomic E-state index is 12.0. The lowest BCUT2D eigenvalue weighted by Gasteiger charge is -2.18. The summed E-state index contributed by atoms with van der Waals surface area (Å²) in [4.78, 5) is 0. The first-order chi connectivity index (χ1) is 7.85. The molecule has 0 saturated carbocycles. The van der Waals surface area contributed by atoms with E-state index in [1.165, 1.54) is 0 Å². The van der Waals surface area contributed by atoms with Crippen LogP contribution in [0.5, 0.6) is 0 Å². The smallest absolute Gasteiger partial charge is 0.375 e. The van der Waals surface area contributed by atoms with Gasteiger partial charge in [0, 0.05) is 19.1 Å². The van der Waals surface area contributed by atoms with Crippen LogP contribution in [0.25, 0.3) is 0 Å². The zero-order valence-corrected chi connectivity index (χ0v) is 9.70. The lowest BCUT2D eigenvalue weighted by Crippen LogP contribution is -2.31. The standard InChI is InChI=1S/C10H18F5NO/c1-2-16-8(3-5-10(13,14)15)4-6-17-7-9(11)12/h8-9,16H,2-7H2,1H3. The van der Waals surface area contributed by atoms with Crippen molar-refractivity contribution in [2.24, 2.45) is 0 Å². The fourth-order valence-electron chi connectivity index (χ4n) is 1.37. The zero-order chi connectivity index (χ0) is 13.3. The minimum absolute atomic E-state index is 0.0415. The number of hydrogen-bond donors (Lipinski definition) is 1. The Morgan fingerprint density at radius 2 is 1.82 bits per heavy atom. The van der Waals surface area contributed by atoms with E-state index in [0.29, 0.717) is 13.0 Å². The molecule has 0 bridgehead atoms. The maximum atomic E-state index is 12.0. The van der Waals surface area contributed by atoms with E-state index in [0.717, 1.165) is 0 Å². The number of ether oxygens (including phenoxy) is 1. The molecule has 0 aliphatic heterocycles. The normalized spacial score (nSPS) is 14.3. The molecule has 7 heteroatoms. The van der Waals surface area contributed by atoms with E-state index in [1.54, 1.807) is 6.92 Å². The molecule has 0 aromatic heterocycles. The Morgan fingerprint density at radius 1 is 1.18 bits per heavy atom. The molecule has 0 radical (unpaired) electrons. The monoisotopic (exact) mass is 263 g/mol. The summed E-state index contributed by atoms with van der Waals surface area (Å²) in [6.45, 7) is 1.69. The first kappa shape index (κ1) is 16.6. The van der Waals surface area contributed by atoms with Crippen LogP contribution in [-0.2, 0) is 4.74 Å². The van der Waals surface area contributed by atoms with Crippen molar-refractivity contribution in [3.8, 4) is 0 Å². The molecule has 104 valence electrons. The van der Waals surface area contributed by atoms with Gasteiger partial charge in [-0.3, -0.25) is 0 Å². The van der Waals surface area contributed by atoms with E-state index >= 15 is 0 Å². The van der Waals surface area contributed by atoms with Gasteiger partial charge in [0.25, 0.3) is 6.43 Å². The van der Waals surface area contributed by atoms with Crippen molar-refractivity contribution >= 4 is 0 Å². The van der Waals surface area contributed by atoms with Crippen LogP contribution in [0.3, 0.4) is 0 Å². The van der Waals surface area contributed by atoms with Gasteiger partial charge in [0.05, 0.1) is 0 Å². The van der Waals surface area contributed by atoms with Gasteiger partial charge in [-0.1, -0.05) is 6.92 Å². The lowest BCUT2D eigenvalue weighted by atomic mass is 10.1. The van der Waals surface area contributed by atoms with Gasteiger partial charge >= 0.3 is 6.18 Å². The highest BCUT2D eigenvalue weighted by atomic mass is 19.4. The summed E-state index contributed by atoms with van der Waals surface area (Å²) in [5.41, 5.74) is 0. The van der Waals surface area contributed by atoms with Crippen LogP contribution in [0, 0.1) is 0 Å². The summed E-state index contributed by atoms with van der Waals surface area (Å²) in [5.74, 6) is 0. The van der Waals surface area contributed by atoms with Crippen LogP contribution < -0.4 is 5.32 Å². The molecule has 0 spiro atoms. The second kappa shape index (κ2) is 8.63. The highest BCUT2D eigenvalue weighted by Crippen LogP contribution is 2.22. The van der Waals surface area contributed by atoms with Crippen LogP contribution >= 0.6 is 0 Å². The second-order valence-corrected chi connectivity index (χ2v) is 3.66. The fourth-order valence-corrected chi connectivity index (χ4v) is 1.37. The zero-order valence-electron chi connectivity index (χ0n) is 9.70. The van der Waals surface area contributed by atoms with Gasteiger partial charge in [0.2, 0.25) is 0 Å².